The number of unbranched alkanes of at least 4 members (excludes halogenated alkanes) is 2. The maximum atomic E-state index is 6.43. The topological polar surface area (TPSA) is 18.5 Å². The molecular weight excluding hydrogens is 343 g/mol. The van der Waals surface area contributed by atoms with Crippen LogP contribution < -0.4 is 9.47 Å². The lowest BCUT2D eigenvalue weighted by Gasteiger charge is -2.18. The molecule has 0 radical (unpaired) electrons. The van der Waals surface area contributed by atoms with Crippen molar-refractivity contribution >= 4 is 34.0 Å². The van der Waals surface area contributed by atoms with Gasteiger partial charge in [0.1, 0.15) is 11.5 Å². The van der Waals surface area contributed by atoms with Crippen LogP contribution in [0.5, 0.6) is 11.5 Å². The summed E-state index contributed by atoms with van der Waals surface area (Å²) in [4.78, 5) is 0. The van der Waals surface area contributed by atoms with Crippen molar-refractivity contribution in [2.24, 2.45) is 0 Å². The van der Waals surface area contributed by atoms with Crippen molar-refractivity contribution in [1.82, 2.24) is 0 Å². The van der Waals surface area contributed by atoms with Crippen LogP contribution in [0.25, 0.3) is 10.8 Å². The van der Waals surface area contributed by atoms with Crippen LogP contribution in [-0.4, -0.2) is 11.7 Å². The third-order valence-corrected chi connectivity index (χ3v) is 4.55. The Hall–Kier alpha value is -1.12. The average molecular weight is 369 g/mol. The average Bonchev–Trinajstić information content (AvgIpc) is 2.56. The standard InChI is InChI=1S/C20H26Cl2O2/c1-4-6-7-8-16(5-2)24-17-10-11-18-15(13-17)9-12-19(20(18)22)23-14(3)21/h9-14,16H,4-8H2,1-3H3. The number of benzene rings is 2. The van der Waals surface area contributed by atoms with Gasteiger partial charge in [0.05, 0.1) is 11.1 Å². The Morgan fingerprint density at radius 3 is 2.50 bits per heavy atom. The fourth-order valence-electron chi connectivity index (χ4n) is 2.75. The molecule has 2 atom stereocenters. The fourth-order valence-corrected chi connectivity index (χ4v) is 3.13. The molecule has 0 heterocycles. The molecule has 0 bridgehead atoms. The predicted octanol–water partition coefficient (Wildman–Crippen LogP) is 7.19. The van der Waals surface area contributed by atoms with E-state index in [1.54, 1.807) is 6.92 Å². The highest BCUT2D eigenvalue weighted by molar-refractivity contribution is 6.37. The number of halogens is 2. The summed E-state index contributed by atoms with van der Waals surface area (Å²) >= 11 is 12.3. The molecule has 0 saturated carbocycles. The maximum Gasteiger partial charge on any atom is 0.169 e. The first-order valence-corrected chi connectivity index (χ1v) is 9.56. The first kappa shape index (κ1) is 19.2. The lowest BCUT2D eigenvalue weighted by Crippen LogP contribution is -2.15. The van der Waals surface area contributed by atoms with Gasteiger partial charge in [-0.15, -0.1) is 0 Å². The van der Waals surface area contributed by atoms with Gasteiger partial charge in [-0.25, -0.2) is 0 Å². The van der Waals surface area contributed by atoms with Gasteiger partial charge in [0.2, 0.25) is 0 Å². The minimum absolute atomic E-state index is 0.268. The van der Waals surface area contributed by atoms with Crippen LogP contribution in [0.15, 0.2) is 30.3 Å². The number of rotatable bonds is 9. The molecule has 0 fully saturated rings. The smallest absolute Gasteiger partial charge is 0.169 e. The molecule has 2 aromatic rings. The molecule has 2 aromatic carbocycles. The van der Waals surface area contributed by atoms with E-state index in [0.717, 1.165) is 29.4 Å². The number of ether oxygens (including phenoxy) is 2. The van der Waals surface area contributed by atoms with Gasteiger partial charge in [0, 0.05) is 5.39 Å². The molecule has 0 aliphatic rings. The second-order valence-electron chi connectivity index (χ2n) is 6.07. The van der Waals surface area contributed by atoms with E-state index in [9.17, 15) is 0 Å². The van der Waals surface area contributed by atoms with Gasteiger partial charge in [0.15, 0.2) is 5.56 Å². The molecule has 4 heteroatoms. The van der Waals surface area contributed by atoms with E-state index in [1.165, 1.54) is 19.3 Å². The van der Waals surface area contributed by atoms with Crippen LogP contribution in [-0.2, 0) is 0 Å². The highest BCUT2D eigenvalue weighted by Crippen LogP contribution is 2.35. The molecule has 2 unspecified atom stereocenters. The molecule has 0 aromatic heterocycles. The summed E-state index contributed by atoms with van der Waals surface area (Å²) in [5.41, 5.74) is -0.420. The molecule has 0 aliphatic carbocycles. The Bertz CT molecular complexity index is 655. The quantitative estimate of drug-likeness (QED) is 0.344. The fraction of sp³-hybridized carbons (Fsp3) is 0.500. The second kappa shape index (κ2) is 9.39. The zero-order valence-corrected chi connectivity index (χ0v) is 16.2. The molecule has 132 valence electrons. The second-order valence-corrected chi connectivity index (χ2v) is 7.06. The third kappa shape index (κ3) is 5.19. The summed E-state index contributed by atoms with van der Waals surface area (Å²) in [6.07, 6.45) is 6.09. The van der Waals surface area contributed by atoms with Crippen LogP contribution in [0.4, 0.5) is 0 Å². The molecule has 24 heavy (non-hydrogen) atoms. The SMILES string of the molecule is CCCCCC(CC)Oc1ccc2c(Cl)c(OC(C)Cl)ccc2c1. The molecule has 0 amide bonds. The Morgan fingerprint density at radius 1 is 1.04 bits per heavy atom. The van der Waals surface area contributed by atoms with Gasteiger partial charge in [-0.1, -0.05) is 56.0 Å². The van der Waals surface area contributed by atoms with E-state index in [4.69, 9.17) is 32.7 Å². The molecule has 0 aliphatic heterocycles. The first-order chi connectivity index (χ1) is 11.5. The van der Waals surface area contributed by atoms with Crippen LogP contribution in [0.3, 0.4) is 0 Å². The monoisotopic (exact) mass is 368 g/mol. The van der Waals surface area contributed by atoms with Crippen LogP contribution in [0.2, 0.25) is 5.02 Å². The molecule has 0 spiro atoms. The van der Waals surface area contributed by atoms with Crippen molar-refractivity contribution in [2.45, 2.75) is 64.5 Å². The van der Waals surface area contributed by atoms with Crippen molar-refractivity contribution in [3.63, 3.8) is 0 Å². The van der Waals surface area contributed by atoms with Crippen molar-refractivity contribution in [1.29, 1.82) is 0 Å². The van der Waals surface area contributed by atoms with Crippen LogP contribution in [0.1, 0.15) is 52.9 Å². The largest absolute Gasteiger partial charge is 0.490 e. The minimum atomic E-state index is -0.420. The van der Waals surface area contributed by atoms with Crippen LogP contribution >= 0.6 is 23.2 Å². The van der Waals surface area contributed by atoms with E-state index in [0.29, 0.717) is 10.8 Å². The van der Waals surface area contributed by atoms with Crippen LogP contribution in [0, 0.1) is 0 Å². The van der Waals surface area contributed by atoms with E-state index >= 15 is 0 Å². The molecule has 2 rings (SSSR count). The van der Waals surface area contributed by atoms with Crippen molar-refractivity contribution < 1.29 is 9.47 Å². The first-order valence-electron chi connectivity index (χ1n) is 8.74. The Morgan fingerprint density at radius 2 is 1.83 bits per heavy atom. The van der Waals surface area contributed by atoms with Gasteiger partial charge in [-0.2, -0.15) is 0 Å². The zero-order chi connectivity index (χ0) is 17.5. The Balaban J connectivity index is 2.16. The number of hydrogen-bond acceptors (Lipinski definition) is 2. The summed E-state index contributed by atoms with van der Waals surface area (Å²) < 4.78 is 11.7. The van der Waals surface area contributed by atoms with E-state index in [-0.39, 0.29) is 6.10 Å². The molecule has 0 saturated heterocycles. The summed E-state index contributed by atoms with van der Waals surface area (Å²) in [5, 5.41) is 2.56. The lowest BCUT2D eigenvalue weighted by atomic mass is 10.1. The van der Waals surface area contributed by atoms with E-state index in [2.05, 4.69) is 13.8 Å². The minimum Gasteiger partial charge on any atom is -0.490 e. The number of fused-ring (bicyclic) bond motifs is 1. The summed E-state index contributed by atoms with van der Waals surface area (Å²) in [6.45, 7) is 6.16. The molecular formula is C20H26Cl2O2. The number of hydrogen-bond donors (Lipinski definition) is 0. The molecule has 0 N–H and O–H groups in total. The van der Waals surface area contributed by atoms with Crippen molar-refractivity contribution in [3.05, 3.63) is 35.4 Å². The highest BCUT2D eigenvalue weighted by Gasteiger charge is 2.12. The highest BCUT2D eigenvalue weighted by atomic mass is 35.5. The van der Waals surface area contributed by atoms with E-state index < -0.39 is 5.56 Å². The Labute approximate surface area is 155 Å². The lowest BCUT2D eigenvalue weighted by molar-refractivity contribution is 0.183. The van der Waals surface area contributed by atoms with E-state index in [1.807, 2.05) is 30.3 Å². The Kier molecular flexibility index (Phi) is 7.51. The van der Waals surface area contributed by atoms with Crippen molar-refractivity contribution in [3.8, 4) is 11.5 Å². The summed E-state index contributed by atoms with van der Waals surface area (Å²) in [7, 11) is 0. The number of alkyl halides is 1. The normalized spacial score (nSPS) is 13.7. The van der Waals surface area contributed by atoms with Gasteiger partial charge < -0.3 is 9.47 Å². The van der Waals surface area contributed by atoms with Gasteiger partial charge in [0.25, 0.3) is 0 Å². The van der Waals surface area contributed by atoms with Crippen molar-refractivity contribution in [2.75, 3.05) is 0 Å². The molecule has 2 nitrogen and oxygen atoms in total. The summed E-state index contributed by atoms with van der Waals surface area (Å²) in [6, 6.07) is 9.84. The zero-order valence-electron chi connectivity index (χ0n) is 14.6. The maximum absolute atomic E-state index is 6.43. The van der Waals surface area contributed by atoms with Gasteiger partial charge >= 0.3 is 0 Å². The third-order valence-electron chi connectivity index (χ3n) is 4.07. The summed E-state index contributed by atoms with van der Waals surface area (Å²) in [5.74, 6) is 1.49. The predicted molar refractivity (Wildman–Crippen MR) is 104 cm³/mol. The van der Waals surface area contributed by atoms with Gasteiger partial charge in [-0.3, -0.25) is 0 Å². The van der Waals surface area contributed by atoms with Gasteiger partial charge in [-0.05, 0) is 55.8 Å².